The molecule has 0 radical (unpaired) electrons. The highest BCUT2D eigenvalue weighted by Crippen LogP contribution is 2.22. The number of nitrogens with zero attached hydrogens (tertiary/aromatic N) is 2. The second-order valence-electron chi connectivity index (χ2n) is 6.04. The normalized spacial score (nSPS) is 11.0. The van der Waals surface area contributed by atoms with Crippen molar-refractivity contribution in [2.45, 2.75) is 13.5 Å². The van der Waals surface area contributed by atoms with E-state index >= 15 is 0 Å². The molecule has 0 fully saturated rings. The van der Waals surface area contributed by atoms with Crippen LogP contribution in [0.4, 0.5) is 4.39 Å². The van der Waals surface area contributed by atoms with Crippen molar-refractivity contribution in [3.63, 3.8) is 0 Å². The van der Waals surface area contributed by atoms with Crippen molar-refractivity contribution in [3.05, 3.63) is 71.4 Å². The summed E-state index contributed by atoms with van der Waals surface area (Å²) < 4.78 is 12.9. The van der Waals surface area contributed by atoms with Crippen molar-refractivity contribution in [2.75, 3.05) is 0 Å². The van der Waals surface area contributed by atoms with Crippen LogP contribution in [0.3, 0.4) is 0 Å². The van der Waals surface area contributed by atoms with Gasteiger partial charge in [-0.1, -0.05) is 12.1 Å². The number of halogens is 1. The van der Waals surface area contributed by atoms with Crippen molar-refractivity contribution >= 4 is 16.9 Å². The number of hydrogen-bond donors (Lipinski definition) is 3. The zero-order valence-corrected chi connectivity index (χ0v) is 14.0. The van der Waals surface area contributed by atoms with E-state index in [1.807, 2.05) is 19.1 Å². The minimum atomic E-state index is -0.301. The molecule has 3 heterocycles. The molecule has 0 saturated carbocycles. The van der Waals surface area contributed by atoms with Crippen LogP contribution in [0.1, 0.15) is 21.7 Å². The lowest BCUT2D eigenvalue weighted by molar-refractivity contribution is 0.0946. The number of benzene rings is 1. The third-order valence-corrected chi connectivity index (χ3v) is 4.20. The Morgan fingerprint density at radius 1 is 1.19 bits per heavy atom. The van der Waals surface area contributed by atoms with E-state index in [9.17, 15) is 9.18 Å². The average molecular weight is 349 g/mol. The molecule has 0 unspecified atom stereocenters. The fraction of sp³-hybridized carbons (Fsp3) is 0.105. The van der Waals surface area contributed by atoms with E-state index in [0.29, 0.717) is 17.9 Å². The van der Waals surface area contributed by atoms with Gasteiger partial charge in [0.1, 0.15) is 17.2 Å². The molecular formula is C19H16FN5O. The second-order valence-corrected chi connectivity index (χ2v) is 6.04. The molecule has 3 aromatic heterocycles. The van der Waals surface area contributed by atoms with Crippen LogP contribution in [0.2, 0.25) is 0 Å². The number of pyridine rings is 1. The second kappa shape index (κ2) is 6.44. The first kappa shape index (κ1) is 16.0. The lowest BCUT2D eigenvalue weighted by Crippen LogP contribution is -2.23. The number of hydrogen-bond acceptors (Lipinski definition) is 3. The predicted octanol–water partition coefficient (Wildman–Crippen LogP) is 3.33. The highest BCUT2D eigenvalue weighted by atomic mass is 19.1. The summed E-state index contributed by atoms with van der Waals surface area (Å²) in [7, 11) is 0. The Hall–Kier alpha value is -3.48. The first-order chi connectivity index (χ1) is 12.6. The number of rotatable bonds is 4. The van der Waals surface area contributed by atoms with E-state index in [1.165, 1.54) is 12.1 Å². The first-order valence-electron chi connectivity index (χ1n) is 8.13. The molecule has 1 aromatic carbocycles. The summed E-state index contributed by atoms with van der Waals surface area (Å²) in [5.74, 6) is -0.543. The van der Waals surface area contributed by atoms with Gasteiger partial charge >= 0.3 is 0 Å². The molecule has 0 saturated heterocycles. The summed E-state index contributed by atoms with van der Waals surface area (Å²) in [6.07, 6.45) is 1.72. The summed E-state index contributed by atoms with van der Waals surface area (Å²) in [5, 5.41) is 10.6. The molecule has 6 nitrogen and oxygen atoms in total. The largest absolute Gasteiger partial charge is 0.347 e. The maximum atomic E-state index is 12.9. The zero-order chi connectivity index (χ0) is 18.1. The molecule has 0 bridgehead atoms. The van der Waals surface area contributed by atoms with Gasteiger partial charge in [0, 0.05) is 23.2 Å². The summed E-state index contributed by atoms with van der Waals surface area (Å²) in [6.45, 7) is 2.25. The van der Waals surface area contributed by atoms with Crippen LogP contribution >= 0.6 is 0 Å². The van der Waals surface area contributed by atoms with Crippen LogP contribution < -0.4 is 5.32 Å². The van der Waals surface area contributed by atoms with Gasteiger partial charge < -0.3 is 10.3 Å². The van der Waals surface area contributed by atoms with Crippen molar-refractivity contribution < 1.29 is 9.18 Å². The standard InChI is InChI=1S/C19H16FN5O/c1-11-15(10-22-25-11)16-7-4-13-8-17(24-18(13)23-16)19(26)21-9-12-2-5-14(20)6-3-12/h2-8,10H,9H2,1H3,(H,21,26)(H,22,25)(H,23,24). The third kappa shape index (κ3) is 3.06. The molecule has 0 aliphatic carbocycles. The molecule has 7 heteroatoms. The van der Waals surface area contributed by atoms with E-state index in [2.05, 4.69) is 25.5 Å². The molecule has 1 amide bonds. The molecule has 0 spiro atoms. The monoisotopic (exact) mass is 349 g/mol. The summed E-state index contributed by atoms with van der Waals surface area (Å²) in [5.41, 5.74) is 4.52. The predicted molar refractivity (Wildman–Crippen MR) is 96.0 cm³/mol. The van der Waals surface area contributed by atoms with Gasteiger partial charge in [-0.2, -0.15) is 5.10 Å². The van der Waals surface area contributed by atoms with Crippen LogP contribution in [0, 0.1) is 12.7 Å². The van der Waals surface area contributed by atoms with Crippen LogP contribution in [0.15, 0.2) is 48.7 Å². The van der Waals surface area contributed by atoms with Gasteiger partial charge in [0.2, 0.25) is 0 Å². The molecule has 3 N–H and O–H groups in total. The van der Waals surface area contributed by atoms with Crippen molar-refractivity contribution in [1.82, 2.24) is 25.5 Å². The Kier molecular flexibility index (Phi) is 3.96. The summed E-state index contributed by atoms with van der Waals surface area (Å²) in [6, 6.07) is 11.6. The highest BCUT2D eigenvalue weighted by molar-refractivity contribution is 5.97. The maximum absolute atomic E-state index is 12.9. The number of amides is 1. The minimum absolute atomic E-state index is 0.242. The smallest absolute Gasteiger partial charge is 0.268 e. The van der Waals surface area contributed by atoms with E-state index in [-0.39, 0.29) is 11.7 Å². The van der Waals surface area contributed by atoms with Crippen molar-refractivity contribution in [3.8, 4) is 11.3 Å². The van der Waals surface area contributed by atoms with E-state index < -0.39 is 0 Å². The van der Waals surface area contributed by atoms with E-state index in [0.717, 1.165) is 27.9 Å². The molecule has 0 aliphatic rings. The fourth-order valence-electron chi connectivity index (χ4n) is 2.77. The Balaban J connectivity index is 1.54. The van der Waals surface area contributed by atoms with E-state index in [1.54, 1.807) is 24.4 Å². The molecule has 4 rings (SSSR count). The van der Waals surface area contributed by atoms with Crippen molar-refractivity contribution in [2.24, 2.45) is 0 Å². The van der Waals surface area contributed by atoms with Gasteiger partial charge in [-0.3, -0.25) is 9.89 Å². The number of aryl methyl sites for hydroxylation is 1. The Morgan fingerprint density at radius 3 is 2.73 bits per heavy atom. The fourth-order valence-corrected chi connectivity index (χ4v) is 2.77. The van der Waals surface area contributed by atoms with Gasteiger partial charge in [0.15, 0.2) is 0 Å². The number of carbonyl (C=O) groups excluding carboxylic acids is 1. The molecular weight excluding hydrogens is 333 g/mol. The van der Waals surface area contributed by atoms with Gasteiger partial charge in [-0.25, -0.2) is 9.37 Å². The van der Waals surface area contributed by atoms with Crippen LogP contribution in [-0.2, 0) is 6.54 Å². The van der Waals surface area contributed by atoms with Crippen molar-refractivity contribution in [1.29, 1.82) is 0 Å². The number of fused-ring (bicyclic) bond motifs is 1. The van der Waals surface area contributed by atoms with Gasteiger partial charge in [-0.05, 0) is 42.8 Å². The van der Waals surface area contributed by atoms with E-state index in [4.69, 9.17) is 0 Å². The van der Waals surface area contributed by atoms with Gasteiger partial charge in [0.25, 0.3) is 5.91 Å². The maximum Gasteiger partial charge on any atom is 0.268 e. The van der Waals surface area contributed by atoms with Crippen LogP contribution in [0.5, 0.6) is 0 Å². The molecule has 4 aromatic rings. The van der Waals surface area contributed by atoms with Gasteiger partial charge in [-0.15, -0.1) is 0 Å². The minimum Gasteiger partial charge on any atom is -0.347 e. The SMILES string of the molecule is Cc1[nH]ncc1-c1ccc2cc(C(=O)NCc3ccc(F)cc3)[nH]c2n1. The average Bonchev–Trinajstić information content (AvgIpc) is 3.26. The number of aromatic amines is 2. The number of aromatic nitrogens is 4. The molecule has 26 heavy (non-hydrogen) atoms. The molecule has 0 aliphatic heterocycles. The Morgan fingerprint density at radius 2 is 2.00 bits per heavy atom. The molecule has 130 valence electrons. The van der Waals surface area contributed by atoms with Crippen LogP contribution in [0.25, 0.3) is 22.3 Å². The summed E-state index contributed by atoms with van der Waals surface area (Å²) >= 11 is 0. The zero-order valence-electron chi connectivity index (χ0n) is 14.0. The Labute approximate surface area is 148 Å². The first-order valence-corrected chi connectivity index (χ1v) is 8.13. The number of H-pyrrole nitrogens is 2. The molecule has 0 atom stereocenters. The highest BCUT2D eigenvalue weighted by Gasteiger charge is 2.12. The van der Waals surface area contributed by atoms with Crippen LogP contribution in [-0.4, -0.2) is 26.1 Å². The van der Waals surface area contributed by atoms with Gasteiger partial charge in [0.05, 0.1) is 11.9 Å². The summed E-state index contributed by atoms with van der Waals surface area (Å²) in [4.78, 5) is 20.0. The number of carbonyl (C=O) groups is 1. The quantitative estimate of drug-likeness (QED) is 0.528. The third-order valence-electron chi connectivity index (χ3n) is 4.20. The number of nitrogens with one attached hydrogen (secondary N) is 3. The Bertz CT molecular complexity index is 1080. The topological polar surface area (TPSA) is 86.5 Å². The lowest BCUT2D eigenvalue weighted by atomic mass is 10.1. The lowest BCUT2D eigenvalue weighted by Gasteiger charge is -2.03.